The van der Waals surface area contributed by atoms with E-state index in [4.69, 9.17) is 11.6 Å². The summed E-state index contributed by atoms with van der Waals surface area (Å²) >= 11 is 5.94. The molecule has 0 aromatic heterocycles. The highest BCUT2D eigenvalue weighted by atomic mass is 35.5. The zero-order chi connectivity index (χ0) is 13.8. The fourth-order valence-electron chi connectivity index (χ4n) is 1.99. The molecule has 3 N–H and O–H groups in total. The summed E-state index contributed by atoms with van der Waals surface area (Å²) in [6.07, 6.45) is 0.239. The Balaban J connectivity index is 2.11. The summed E-state index contributed by atoms with van der Waals surface area (Å²) in [4.78, 5) is 23.2. The normalized spacial score (nSPS) is 18.0. The molecule has 1 atom stereocenters. The monoisotopic (exact) mass is 281 g/mol. The molecule has 1 saturated heterocycles. The molecule has 1 aromatic rings. The van der Waals surface area contributed by atoms with Crippen LogP contribution in [0.3, 0.4) is 0 Å². The van der Waals surface area contributed by atoms with E-state index in [1.165, 1.54) is 0 Å². The van der Waals surface area contributed by atoms with Crippen LogP contribution >= 0.6 is 11.6 Å². The van der Waals surface area contributed by atoms with Crippen LogP contribution in [-0.2, 0) is 9.59 Å². The van der Waals surface area contributed by atoms with Gasteiger partial charge >= 0.3 is 0 Å². The largest absolute Gasteiger partial charge is 0.384 e. The zero-order valence-corrected chi connectivity index (χ0v) is 11.4. The maximum Gasteiger partial charge on any atom is 0.229 e. The first-order valence-corrected chi connectivity index (χ1v) is 6.59. The van der Waals surface area contributed by atoms with Crippen molar-refractivity contribution < 1.29 is 9.59 Å². The van der Waals surface area contributed by atoms with E-state index in [-0.39, 0.29) is 24.2 Å². The standard InChI is InChI=1S/C13H16ClN3O2/c1-2-15-10-4-3-9(14)6-11(10)17-13(19)8-5-12(18)16-7-8/h3-4,6,8,15H,2,5,7H2,1H3,(H,16,18)(H,17,19)/t8-/m0/s1. The van der Waals surface area contributed by atoms with E-state index in [1.807, 2.05) is 13.0 Å². The topological polar surface area (TPSA) is 70.2 Å². The molecule has 2 rings (SSSR count). The number of hydrogen-bond donors (Lipinski definition) is 3. The van der Waals surface area contributed by atoms with Gasteiger partial charge in [0, 0.05) is 24.5 Å². The molecule has 102 valence electrons. The Morgan fingerprint density at radius 1 is 1.47 bits per heavy atom. The molecule has 19 heavy (non-hydrogen) atoms. The molecule has 0 radical (unpaired) electrons. The van der Waals surface area contributed by atoms with Crippen LogP contribution < -0.4 is 16.0 Å². The Hall–Kier alpha value is -1.75. The quantitative estimate of drug-likeness (QED) is 0.789. The molecule has 1 aromatic carbocycles. The molecule has 0 saturated carbocycles. The van der Waals surface area contributed by atoms with Gasteiger partial charge in [0.25, 0.3) is 0 Å². The predicted octanol–water partition coefficient (Wildman–Crippen LogP) is 1.85. The number of nitrogens with one attached hydrogen (secondary N) is 3. The van der Waals surface area contributed by atoms with E-state index >= 15 is 0 Å². The van der Waals surface area contributed by atoms with Gasteiger partial charge in [-0.2, -0.15) is 0 Å². The maximum atomic E-state index is 12.1. The van der Waals surface area contributed by atoms with Crippen LogP contribution in [-0.4, -0.2) is 24.9 Å². The third-order valence-corrected chi connectivity index (χ3v) is 3.19. The molecule has 6 heteroatoms. The number of carbonyl (C=O) groups excluding carboxylic acids is 2. The number of amides is 2. The van der Waals surface area contributed by atoms with Gasteiger partial charge in [0.1, 0.15) is 0 Å². The minimum absolute atomic E-state index is 0.0850. The van der Waals surface area contributed by atoms with Gasteiger partial charge in [-0.15, -0.1) is 0 Å². The van der Waals surface area contributed by atoms with Gasteiger partial charge in [-0.25, -0.2) is 0 Å². The molecule has 1 heterocycles. The lowest BCUT2D eigenvalue weighted by Crippen LogP contribution is -2.25. The highest BCUT2D eigenvalue weighted by Crippen LogP contribution is 2.26. The second kappa shape index (κ2) is 5.93. The number of benzene rings is 1. The van der Waals surface area contributed by atoms with Gasteiger partial charge in [-0.1, -0.05) is 11.6 Å². The fraction of sp³-hybridized carbons (Fsp3) is 0.385. The fourth-order valence-corrected chi connectivity index (χ4v) is 2.16. The van der Waals surface area contributed by atoms with Gasteiger partial charge in [0.2, 0.25) is 11.8 Å². The summed E-state index contributed by atoms with van der Waals surface area (Å²) in [6.45, 7) is 3.11. The summed E-state index contributed by atoms with van der Waals surface area (Å²) < 4.78 is 0. The van der Waals surface area contributed by atoms with Crippen LogP contribution in [0.2, 0.25) is 5.02 Å². The second-order valence-corrected chi connectivity index (χ2v) is 4.85. The van der Waals surface area contributed by atoms with Crippen molar-refractivity contribution in [1.82, 2.24) is 5.32 Å². The molecule has 0 spiro atoms. The molecule has 1 aliphatic rings. The minimum atomic E-state index is -0.319. The lowest BCUT2D eigenvalue weighted by atomic mass is 10.1. The summed E-state index contributed by atoms with van der Waals surface area (Å²) in [7, 11) is 0. The Kier molecular flexibility index (Phi) is 4.27. The highest BCUT2D eigenvalue weighted by Gasteiger charge is 2.28. The molecular weight excluding hydrogens is 266 g/mol. The van der Waals surface area contributed by atoms with Crippen molar-refractivity contribution in [3.8, 4) is 0 Å². The molecular formula is C13H16ClN3O2. The van der Waals surface area contributed by atoms with Crippen molar-refractivity contribution >= 4 is 34.8 Å². The van der Waals surface area contributed by atoms with Crippen molar-refractivity contribution in [3.05, 3.63) is 23.2 Å². The van der Waals surface area contributed by atoms with Crippen molar-refractivity contribution in [1.29, 1.82) is 0 Å². The van der Waals surface area contributed by atoms with Crippen LogP contribution in [0.15, 0.2) is 18.2 Å². The number of halogens is 1. The van der Waals surface area contributed by atoms with Gasteiger partial charge < -0.3 is 16.0 Å². The summed E-state index contributed by atoms with van der Waals surface area (Å²) in [5.41, 5.74) is 1.45. The van der Waals surface area contributed by atoms with Gasteiger partial charge in [-0.05, 0) is 25.1 Å². The number of anilines is 2. The first kappa shape index (κ1) is 13.7. The van der Waals surface area contributed by atoms with Gasteiger partial charge in [-0.3, -0.25) is 9.59 Å². The first-order chi connectivity index (χ1) is 9.10. The molecule has 0 bridgehead atoms. The van der Waals surface area contributed by atoms with Crippen LogP contribution in [0.4, 0.5) is 11.4 Å². The Morgan fingerprint density at radius 3 is 2.89 bits per heavy atom. The lowest BCUT2D eigenvalue weighted by Gasteiger charge is -2.14. The lowest BCUT2D eigenvalue weighted by molar-refractivity contribution is -0.123. The second-order valence-electron chi connectivity index (χ2n) is 4.41. The maximum absolute atomic E-state index is 12.1. The first-order valence-electron chi connectivity index (χ1n) is 6.21. The van der Waals surface area contributed by atoms with Crippen molar-refractivity contribution in [2.24, 2.45) is 5.92 Å². The van der Waals surface area contributed by atoms with E-state index < -0.39 is 0 Å². The number of hydrogen-bond acceptors (Lipinski definition) is 3. The average molecular weight is 282 g/mol. The molecule has 0 unspecified atom stereocenters. The Bertz CT molecular complexity index is 505. The molecule has 1 fully saturated rings. The Labute approximate surface area is 116 Å². The summed E-state index contributed by atoms with van der Waals surface area (Å²) in [6, 6.07) is 5.27. The minimum Gasteiger partial charge on any atom is -0.384 e. The van der Waals surface area contributed by atoms with E-state index in [2.05, 4.69) is 16.0 Å². The van der Waals surface area contributed by atoms with Crippen molar-refractivity contribution in [2.45, 2.75) is 13.3 Å². The van der Waals surface area contributed by atoms with Crippen LogP contribution in [0.5, 0.6) is 0 Å². The molecule has 1 aliphatic heterocycles. The molecule has 2 amide bonds. The van der Waals surface area contributed by atoms with Crippen molar-refractivity contribution in [2.75, 3.05) is 23.7 Å². The third kappa shape index (κ3) is 3.38. The van der Waals surface area contributed by atoms with Gasteiger partial charge in [0.15, 0.2) is 0 Å². The molecule has 0 aliphatic carbocycles. The van der Waals surface area contributed by atoms with Crippen LogP contribution in [0.1, 0.15) is 13.3 Å². The number of rotatable bonds is 4. The predicted molar refractivity (Wildman–Crippen MR) is 75.4 cm³/mol. The summed E-state index contributed by atoms with van der Waals surface area (Å²) in [5, 5.41) is 9.17. The van der Waals surface area contributed by atoms with Crippen molar-refractivity contribution in [3.63, 3.8) is 0 Å². The summed E-state index contributed by atoms with van der Waals surface area (Å²) in [5.74, 6) is -0.570. The SMILES string of the molecule is CCNc1ccc(Cl)cc1NC(=O)[C@@H]1CNC(=O)C1. The highest BCUT2D eigenvalue weighted by molar-refractivity contribution is 6.31. The third-order valence-electron chi connectivity index (χ3n) is 2.95. The van der Waals surface area contributed by atoms with E-state index in [1.54, 1.807) is 12.1 Å². The van der Waals surface area contributed by atoms with Crippen LogP contribution in [0.25, 0.3) is 0 Å². The van der Waals surface area contributed by atoms with E-state index in [0.29, 0.717) is 17.3 Å². The zero-order valence-electron chi connectivity index (χ0n) is 10.6. The van der Waals surface area contributed by atoms with E-state index in [9.17, 15) is 9.59 Å². The average Bonchev–Trinajstić information content (AvgIpc) is 2.80. The van der Waals surface area contributed by atoms with Crippen LogP contribution in [0, 0.1) is 5.92 Å². The Morgan fingerprint density at radius 2 is 2.26 bits per heavy atom. The molecule has 5 nitrogen and oxygen atoms in total. The van der Waals surface area contributed by atoms with Gasteiger partial charge in [0.05, 0.1) is 17.3 Å². The smallest absolute Gasteiger partial charge is 0.229 e. The van der Waals surface area contributed by atoms with E-state index in [0.717, 1.165) is 12.2 Å². The number of carbonyl (C=O) groups is 2.